The summed E-state index contributed by atoms with van der Waals surface area (Å²) >= 11 is 0. The van der Waals surface area contributed by atoms with Crippen LogP contribution in [0.2, 0.25) is 0 Å². The fraction of sp³-hybridized carbons (Fsp3) is 0.611. The molecule has 0 bridgehead atoms. The van der Waals surface area contributed by atoms with Crippen LogP contribution >= 0.6 is 0 Å². The summed E-state index contributed by atoms with van der Waals surface area (Å²) in [5, 5.41) is 8.50. The number of carboxylic acids is 1. The number of unbranched alkanes of at least 4 members (excludes halogenated alkanes) is 5. The molecule has 0 aliphatic rings. The number of rotatable bonds is 13. The molecule has 0 aromatic rings. The van der Waals surface area contributed by atoms with Gasteiger partial charge in [0, 0.05) is 44.2 Å². The molecule has 0 heterocycles. The Morgan fingerprint density at radius 2 is 1.33 bits per heavy atom. The maximum atomic E-state index is 10.3. The van der Waals surface area contributed by atoms with Crippen LogP contribution in [0.4, 0.5) is 0 Å². The van der Waals surface area contributed by atoms with Gasteiger partial charge in [-0.05, 0) is 38.5 Å². The summed E-state index contributed by atoms with van der Waals surface area (Å²) in [6, 6.07) is 0. The van der Waals surface area contributed by atoms with E-state index in [4.69, 9.17) is 5.11 Å². The minimum atomic E-state index is -0.675. The van der Waals surface area contributed by atoms with Crippen molar-refractivity contribution < 1.29 is 9.90 Å². The first-order chi connectivity index (χ1) is 9.77. The molecule has 0 rings (SSSR count). The number of carbonyl (C=O) groups is 1. The van der Waals surface area contributed by atoms with Crippen LogP contribution in [0.25, 0.3) is 0 Å². The van der Waals surface area contributed by atoms with E-state index in [-0.39, 0.29) is 37.7 Å². The number of allylic oxidation sites excluding steroid dienone is 6. The van der Waals surface area contributed by atoms with Gasteiger partial charge in [0.15, 0.2) is 0 Å². The molecule has 0 aromatic carbocycles. The van der Waals surface area contributed by atoms with E-state index in [1.165, 1.54) is 12.8 Å². The second-order valence-corrected chi connectivity index (χ2v) is 4.99. The van der Waals surface area contributed by atoms with Crippen LogP contribution in [0.15, 0.2) is 36.5 Å². The fourth-order valence-electron chi connectivity index (χ4n) is 1.90. The van der Waals surface area contributed by atoms with Gasteiger partial charge in [-0.15, -0.1) is 0 Å². The molecule has 0 atom stereocenters. The van der Waals surface area contributed by atoms with Gasteiger partial charge in [0.1, 0.15) is 0 Å². The summed E-state index contributed by atoms with van der Waals surface area (Å²) in [5.41, 5.74) is 0. The zero-order valence-corrected chi connectivity index (χ0v) is 15.8. The molecule has 0 saturated carbocycles. The molecule has 2 nitrogen and oxygen atoms in total. The average Bonchev–Trinajstić information content (AvgIpc) is 2.43. The van der Waals surface area contributed by atoms with Gasteiger partial charge in [-0.25, -0.2) is 0 Å². The Balaban J connectivity index is 0. The van der Waals surface area contributed by atoms with Crippen LogP contribution < -0.4 is 0 Å². The van der Waals surface area contributed by atoms with Crippen LogP contribution in [-0.4, -0.2) is 48.8 Å². The number of hydrogen-bond donors (Lipinski definition) is 1. The van der Waals surface area contributed by atoms with Gasteiger partial charge < -0.3 is 5.11 Å². The van der Waals surface area contributed by atoms with E-state index in [0.717, 1.165) is 44.9 Å². The molecule has 0 unspecified atom stereocenters. The van der Waals surface area contributed by atoms with Crippen molar-refractivity contribution >= 4 is 43.7 Å². The van der Waals surface area contributed by atoms with Crippen molar-refractivity contribution in [3.05, 3.63) is 36.5 Å². The Morgan fingerprint density at radius 3 is 1.95 bits per heavy atom. The molecule has 0 aliphatic carbocycles. The Hall–Kier alpha value is -0.0503. The molecule has 0 spiro atoms. The Bertz CT molecular complexity index is 306. The first-order valence-corrected chi connectivity index (χ1v) is 7.94. The molecule has 0 fully saturated rings. The van der Waals surface area contributed by atoms with E-state index in [1.54, 1.807) is 0 Å². The second kappa shape index (κ2) is 19.9. The molecule has 0 amide bonds. The smallest absolute Gasteiger partial charge is 0.303 e. The average molecular weight is 319 g/mol. The van der Waals surface area contributed by atoms with Gasteiger partial charge in [-0.2, -0.15) is 0 Å². The molecule has 0 aromatic heterocycles. The third kappa shape index (κ3) is 22.4. The van der Waals surface area contributed by atoms with Crippen molar-refractivity contribution in [1.82, 2.24) is 0 Å². The maximum absolute atomic E-state index is 10.3. The molecule has 3 heteroatoms. The predicted octanol–water partition coefficient (Wildman–Crippen LogP) is 5.28. The standard InChI is InChI=1S/C18H30O2.Ca/c1-2-3-4-5-6-7-8-9-10-11-12-13-14-15-16-17-18(19)20;/h3-4,6-7,9-10H,2,5,8,11-17H2,1H3,(H,19,20);/b4-3-,7-6-,10-9-;. The molecule has 0 saturated heterocycles. The van der Waals surface area contributed by atoms with Crippen LogP contribution in [0.5, 0.6) is 0 Å². The summed E-state index contributed by atoms with van der Waals surface area (Å²) in [6.07, 6.45) is 23.4. The normalized spacial score (nSPS) is 11.5. The van der Waals surface area contributed by atoms with E-state index in [0.29, 0.717) is 6.42 Å². The first-order valence-electron chi connectivity index (χ1n) is 7.94. The molecule has 1 N–H and O–H groups in total. The van der Waals surface area contributed by atoms with Gasteiger partial charge in [0.25, 0.3) is 0 Å². The monoisotopic (exact) mass is 318 g/mol. The predicted molar refractivity (Wildman–Crippen MR) is 92.7 cm³/mol. The van der Waals surface area contributed by atoms with Crippen molar-refractivity contribution in [2.45, 2.75) is 71.1 Å². The van der Waals surface area contributed by atoms with Gasteiger partial charge in [-0.1, -0.05) is 62.6 Å². The minimum absolute atomic E-state index is 0. The zero-order chi connectivity index (χ0) is 14.9. The van der Waals surface area contributed by atoms with Crippen LogP contribution in [0, 0.1) is 0 Å². The zero-order valence-electron chi connectivity index (χ0n) is 13.6. The minimum Gasteiger partial charge on any atom is -0.481 e. The van der Waals surface area contributed by atoms with Crippen LogP contribution in [-0.2, 0) is 4.79 Å². The molecular weight excluding hydrogens is 288 g/mol. The van der Waals surface area contributed by atoms with Crippen molar-refractivity contribution in [2.75, 3.05) is 0 Å². The maximum Gasteiger partial charge on any atom is 0.303 e. The van der Waals surface area contributed by atoms with Gasteiger partial charge in [0.2, 0.25) is 0 Å². The fourth-order valence-corrected chi connectivity index (χ4v) is 1.90. The van der Waals surface area contributed by atoms with Crippen molar-refractivity contribution in [2.24, 2.45) is 0 Å². The van der Waals surface area contributed by atoms with E-state index in [1.807, 2.05) is 0 Å². The summed E-state index contributed by atoms with van der Waals surface area (Å²) in [7, 11) is 0. The van der Waals surface area contributed by atoms with Gasteiger partial charge in [0.05, 0.1) is 0 Å². The number of carboxylic acid groups (broad SMARTS) is 1. The van der Waals surface area contributed by atoms with Gasteiger partial charge in [-0.3, -0.25) is 4.79 Å². The van der Waals surface area contributed by atoms with Crippen molar-refractivity contribution in [1.29, 1.82) is 0 Å². The van der Waals surface area contributed by atoms with E-state index < -0.39 is 5.97 Å². The number of hydrogen-bond acceptors (Lipinski definition) is 1. The summed E-state index contributed by atoms with van der Waals surface area (Å²) in [4.78, 5) is 10.3. The Kier molecular flexibility index (Phi) is 22.1. The van der Waals surface area contributed by atoms with E-state index in [2.05, 4.69) is 43.4 Å². The third-order valence-corrected chi connectivity index (χ3v) is 3.04. The third-order valence-electron chi connectivity index (χ3n) is 3.04. The van der Waals surface area contributed by atoms with Crippen molar-refractivity contribution in [3.8, 4) is 0 Å². The molecule has 0 aliphatic heterocycles. The molecule has 21 heavy (non-hydrogen) atoms. The van der Waals surface area contributed by atoms with Crippen LogP contribution in [0.1, 0.15) is 71.1 Å². The van der Waals surface area contributed by atoms with E-state index >= 15 is 0 Å². The Morgan fingerprint density at radius 1 is 0.810 bits per heavy atom. The molecular formula is C18H30CaO2. The Labute approximate surface area is 160 Å². The topological polar surface area (TPSA) is 37.3 Å². The van der Waals surface area contributed by atoms with Gasteiger partial charge >= 0.3 is 5.97 Å². The first kappa shape index (κ1) is 23.2. The quantitative estimate of drug-likeness (QED) is 0.285. The largest absolute Gasteiger partial charge is 0.481 e. The van der Waals surface area contributed by atoms with E-state index in [9.17, 15) is 4.79 Å². The SMILES string of the molecule is CC/C=C\C/C=C\C/C=C\CCCCCCCC(=O)O.[Ca]. The summed E-state index contributed by atoms with van der Waals surface area (Å²) in [5.74, 6) is -0.675. The summed E-state index contributed by atoms with van der Waals surface area (Å²) in [6.45, 7) is 2.15. The number of aliphatic carboxylic acids is 1. The molecule has 2 radical (unpaired) electrons. The van der Waals surface area contributed by atoms with Crippen LogP contribution in [0.3, 0.4) is 0 Å². The van der Waals surface area contributed by atoms with Crippen molar-refractivity contribution in [3.63, 3.8) is 0 Å². The second-order valence-electron chi connectivity index (χ2n) is 4.99. The summed E-state index contributed by atoms with van der Waals surface area (Å²) < 4.78 is 0. The molecule has 116 valence electrons.